The maximum atomic E-state index is 5.97. The van der Waals surface area contributed by atoms with Gasteiger partial charge in [0.25, 0.3) is 0 Å². The Hall–Kier alpha value is -1.28. The lowest BCUT2D eigenvalue weighted by atomic mass is 9.93. The Balaban J connectivity index is 1.71. The molecule has 0 saturated heterocycles. The van der Waals surface area contributed by atoms with Gasteiger partial charge in [0.15, 0.2) is 0 Å². The van der Waals surface area contributed by atoms with E-state index >= 15 is 0 Å². The van der Waals surface area contributed by atoms with E-state index < -0.39 is 0 Å². The fourth-order valence-electron chi connectivity index (χ4n) is 3.68. The van der Waals surface area contributed by atoms with Gasteiger partial charge < -0.3 is 9.73 Å². The average molecular weight is 271 g/mol. The Morgan fingerprint density at radius 2 is 2.10 bits per heavy atom. The third-order valence-corrected chi connectivity index (χ3v) is 5.09. The second kappa shape index (κ2) is 5.61. The number of fused-ring (bicyclic) bond motifs is 1. The molecule has 108 valence electrons. The zero-order valence-corrected chi connectivity index (χ0v) is 12.7. The monoisotopic (exact) mass is 271 g/mol. The van der Waals surface area contributed by atoms with E-state index in [0.717, 1.165) is 23.2 Å². The van der Waals surface area contributed by atoms with Crippen molar-refractivity contribution < 1.29 is 4.42 Å². The first-order valence-corrected chi connectivity index (χ1v) is 7.93. The van der Waals surface area contributed by atoms with E-state index in [2.05, 4.69) is 44.3 Å². The molecule has 1 fully saturated rings. The molecule has 3 rings (SSSR count). The van der Waals surface area contributed by atoms with Crippen molar-refractivity contribution in [3.8, 4) is 0 Å². The molecule has 0 bridgehead atoms. The minimum Gasteiger partial charge on any atom is -0.459 e. The molecule has 1 N–H and O–H groups in total. The minimum absolute atomic E-state index is 0.283. The topological polar surface area (TPSA) is 25.2 Å². The molecule has 0 spiro atoms. The number of hydrogen-bond donors (Lipinski definition) is 1. The number of nitrogens with one attached hydrogen (secondary N) is 1. The van der Waals surface area contributed by atoms with Crippen molar-refractivity contribution in [2.45, 2.75) is 52.1 Å². The minimum atomic E-state index is 0.283. The first-order valence-electron chi connectivity index (χ1n) is 7.93. The Bertz CT molecular complexity index is 541. The van der Waals surface area contributed by atoms with Gasteiger partial charge in [-0.05, 0) is 43.7 Å². The van der Waals surface area contributed by atoms with E-state index in [1.54, 1.807) is 0 Å². The lowest BCUT2D eigenvalue weighted by molar-refractivity contribution is 0.313. The molecule has 1 aliphatic carbocycles. The zero-order valence-electron chi connectivity index (χ0n) is 12.7. The summed E-state index contributed by atoms with van der Waals surface area (Å²) in [5, 5.41) is 4.97. The summed E-state index contributed by atoms with van der Waals surface area (Å²) in [6.07, 6.45) is 3.96. The van der Waals surface area contributed by atoms with Crippen LogP contribution < -0.4 is 5.32 Å². The van der Waals surface area contributed by atoms with Crippen LogP contribution in [0.4, 0.5) is 0 Å². The fourth-order valence-corrected chi connectivity index (χ4v) is 3.68. The van der Waals surface area contributed by atoms with Gasteiger partial charge in [-0.15, -0.1) is 0 Å². The second-order valence-corrected chi connectivity index (χ2v) is 6.29. The van der Waals surface area contributed by atoms with Crippen LogP contribution in [-0.2, 0) is 0 Å². The molecule has 1 aromatic heterocycles. The van der Waals surface area contributed by atoms with Crippen LogP contribution in [0.2, 0.25) is 0 Å². The number of benzene rings is 1. The van der Waals surface area contributed by atoms with Gasteiger partial charge in [0.05, 0.1) is 6.04 Å². The van der Waals surface area contributed by atoms with Gasteiger partial charge in [-0.25, -0.2) is 0 Å². The van der Waals surface area contributed by atoms with Gasteiger partial charge >= 0.3 is 0 Å². The van der Waals surface area contributed by atoms with Crippen molar-refractivity contribution in [2.75, 3.05) is 0 Å². The van der Waals surface area contributed by atoms with Crippen molar-refractivity contribution in [3.05, 3.63) is 36.1 Å². The third-order valence-electron chi connectivity index (χ3n) is 5.09. The van der Waals surface area contributed by atoms with E-state index in [9.17, 15) is 0 Å². The van der Waals surface area contributed by atoms with Crippen molar-refractivity contribution >= 4 is 11.0 Å². The molecule has 1 heterocycles. The highest BCUT2D eigenvalue weighted by atomic mass is 16.3. The zero-order chi connectivity index (χ0) is 14.1. The summed E-state index contributed by atoms with van der Waals surface area (Å²) in [5.74, 6) is 2.71. The van der Waals surface area contributed by atoms with Crippen LogP contribution in [0.15, 0.2) is 34.7 Å². The van der Waals surface area contributed by atoms with Gasteiger partial charge in [-0.1, -0.05) is 38.5 Å². The van der Waals surface area contributed by atoms with Crippen LogP contribution >= 0.6 is 0 Å². The number of furan rings is 1. The molecule has 1 aromatic carbocycles. The maximum Gasteiger partial charge on any atom is 0.134 e. The molecule has 4 unspecified atom stereocenters. The average Bonchev–Trinajstić information content (AvgIpc) is 3.03. The molecule has 0 aliphatic heterocycles. The third kappa shape index (κ3) is 2.49. The van der Waals surface area contributed by atoms with E-state index in [0.29, 0.717) is 6.04 Å². The number of hydrogen-bond acceptors (Lipinski definition) is 2. The lowest BCUT2D eigenvalue weighted by Crippen LogP contribution is -2.34. The van der Waals surface area contributed by atoms with Gasteiger partial charge in [0.1, 0.15) is 11.3 Å². The van der Waals surface area contributed by atoms with Gasteiger partial charge in [-0.2, -0.15) is 0 Å². The highest BCUT2D eigenvalue weighted by Crippen LogP contribution is 2.35. The molecule has 4 atom stereocenters. The van der Waals surface area contributed by atoms with Crippen LogP contribution in [0, 0.1) is 11.8 Å². The molecule has 0 amide bonds. The first-order chi connectivity index (χ1) is 9.69. The van der Waals surface area contributed by atoms with Crippen LogP contribution in [0.3, 0.4) is 0 Å². The summed E-state index contributed by atoms with van der Waals surface area (Å²) in [4.78, 5) is 0. The standard InChI is InChI=1S/C18H25NO/c1-4-14-9-10-16(12(14)2)19-13(3)18-11-15-7-5-6-8-17(15)20-18/h5-8,11-14,16,19H,4,9-10H2,1-3H3. The Morgan fingerprint density at radius 1 is 1.30 bits per heavy atom. The number of para-hydroxylation sites is 1. The van der Waals surface area contributed by atoms with Crippen molar-refractivity contribution in [1.82, 2.24) is 5.32 Å². The summed E-state index contributed by atoms with van der Waals surface area (Å²) in [6.45, 7) is 6.92. The van der Waals surface area contributed by atoms with E-state index in [-0.39, 0.29) is 6.04 Å². The highest BCUT2D eigenvalue weighted by Gasteiger charge is 2.32. The van der Waals surface area contributed by atoms with Crippen LogP contribution in [0.1, 0.15) is 51.8 Å². The van der Waals surface area contributed by atoms with E-state index in [1.807, 2.05) is 12.1 Å². The van der Waals surface area contributed by atoms with Crippen molar-refractivity contribution in [2.24, 2.45) is 11.8 Å². The molecule has 2 nitrogen and oxygen atoms in total. The second-order valence-electron chi connectivity index (χ2n) is 6.29. The van der Waals surface area contributed by atoms with Crippen LogP contribution in [0.5, 0.6) is 0 Å². The predicted octanol–water partition coefficient (Wildman–Crippen LogP) is 4.91. The summed E-state index contributed by atoms with van der Waals surface area (Å²) in [7, 11) is 0. The summed E-state index contributed by atoms with van der Waals surface area (Å²) >= 11 is 0. The predicted molar refractivity (Wildman–Crippen MR) is 83.7 cm³/mol. The number of rotatable bonds is 4. The van der Waals surface area contributed by atoms with E-state index in [4.69, 9.17) is 4.42 Å². The maximum absolute atomic E-state index is 5.97. The smallest absolute Gasteiger partial charge is 0.134 e. The summed E-state index contributed by atoms with van der Waals surface area (Å²) in [6, 6.07) is 11.3. The molecule has 2 heteroatoms. The fraction of sp³-hybridized carbons (Fsp3) is 0.556. The SMILES string of the molecule is CCC1CCC(NC(C)c2cc3ccccc3o2)C1C. The lowest BCUT2D eigenvalue weighted by Gasteiger charge is -2.24. The van der Waals surface area contributed by atoms with Crippen molar-refractivity contribution in [3.63, 3.8) is 0 Å². The Morgan fingerprint density at radius 3 is 2.80 bits per heavy atom. The molecule has 1 aliphatic rings. The first kappa shape index (κ1) is 13.7. The van der Waals surface area contributed by atoms with Gasteiger partial charge in [0, 0.05) is 11.4 Å². The van der Waals surface area contributed by atoms with Gasteiger partial charge in [-0.3, -0.25) is 0 Å². The van der Waals surface area contributed by atoms with Crippen LogP contribution in [-0.4, -0.2) is 6.04 Å². The molecular weight excluding hydrogens is 246 g/mol. The normalized spacial score (nSPS) is 28.1. The molecule has 20 heavy (non-hydrogen) atoms. The summed E-state index contributed by atoms with van der Waals surface area (Å²) in [5.41, 5.74) is 0.988. The van der Waals surface area contributed by atoms with E-state index in [1.165, 1.54) is 24.6 Å². The molecule has 0 radical (unpaired) electrons. The van der Waals surface area contributed by atoms with Crippen molar-refractivity contribution in [1.29, 1.82) is 0 Å². The molecular formula is C18H25NO. The quantitative estimate of drug-likeness (QED) is 0.855. The Labute approximate surface area is 121 Å². The Kier molecular flexibility index (Phi) is 3.84. The van der Waals surface area contributed by atoms with Gasteiger partial charge in [0.2, 0.25) is 0 Å². The summed E-state index contributed by atoms with van der Waals surface area (Å²) < 4.78 is 5.97. The van der Waals surface area contributed by atoms with Crippen LogP contribution in [0.25, 0.3) is 11.0 Å². The molecule has 1 saturated carbocycles. The molecule has 2 aromatic rings. The highest BCUT2D eigenvalue weighted by molar-refractivity contribution is 5.77. The largest absolute Gasteiger partial charge is 0.459 e.